The van der Waals surface area contributed by atoms with Crippen LogP contribution in [0.15, 0.2) is 35.1 Å². The number of anilines is 1. The average Bonchev–Trinajstić information content (AvgIpc) is 3.19. The van der Waals surface area contributed by atoms with Crippen molar-refractivity contribution in [3.63, 3.8) is 0 Å². The third-order valence-electron chi connectivity index (χ3n) is 5.40. The van der Waals surface area contributed by atoms with E-state index in [-0.39, 0.29) is 12.6 Å². The lowest BCUT2D eigenvalue weighted by Gasteiger charge is -2.31. The normalized spacial score (nSPS) is 15.4. The zero-order chi connectivity index (χ0) is 24.5. The standard InChI is InChI=1S/C23H30N8O2S/c1-23(2,25)15-33-20-14-31-22(17(11-24)13-27-31)21(28-20)16-5-6-19(26-12-16)30-9-7-18(8-10-30)29-34(3,4)32/h5-6,12-14,18H,7-10,15,25H2,1-4H3. The molecule has 4 rings (SSSR count). The van der Waals surface area contributed by atoms with Gasteiger partial charge in [-0.25, -0.2) is 18.8 Å². The van der Waals surface area contributed by atoms with Crippen LogP contribution in [-0.2, 0) is 9.73 Å². The first-order valence-corrected chi connectivity index (χ1v) is 13.4. The number of nitrogens with zero attached hydrogens (tertiary/aromatic N) is 7. The largest absolute Gasteiger partial charge is 0.475 e. The lowest BCUT2D eigenvalue weighted by atomic mass is 10.1. The van der Waals surface area contributed by atoms with Gasteiger partial charge < -0.3 is 15.4 Å². The van der Waals surface area contributed by atoms with Gasteiger partial charge in [0.25, 0.3) is 0 Å². The van der Waals surface area contributed by atoms with Crippen LogP contribution in [0.25, 0.3) is 16.8 Å². The predicted molar refractivity (Wildman–Crippen MR) is 132 cm³/mol. The first kappa shape index (κ1) is 23.9. The van der Waals surface area contributed by atoms with Crippen LogP contribution in [-0.4, -0.2) is 67.6 Å². The summed E-state index contributed by atoms with van der Waals surface area (Å²) in [6.07, 6.45) is 9.97. The van der Waals surface area contributed by atoms with Gasteiger partial charge in [-0.1, -0.05) is 0 Å². The second-order valence-electron chi connectivity index (χ2n) is 9.58. The summed E-state index contributed by atoms with van der Waals surface area (Å²) in [5.74, 6) is 1.23. The maximum absolute atomic E-state index is 12.0. The van der Waals surface area contributed by atoms with E-state index >= 15 is 0 Å². The highest BCUT2D eigenvalue weighted by atomic mass is 32.2. The summed E-state index contributed by atoms with van der Waals surface area (Å²) in [6, 6.07) is 6.20. The number of rotatable bonds is 6. The monoisotopic (exact) mass is 482 g/mol. The fourth-order valence-corrected chi connectivity index (χ4v) is 4.81. The SMILES string of the molecule is CC(C)(N)COc1cn2ncc(C#N)c2c(-c2ccc(N3CCC(N=S(C)(C)=O)CC3)nc2)n1. The Bertz CT molecular complexity index is 1330. The van der Waals surface area contributed by atoms with Crippen molar-refractivity contribution >= 4 is 21.1 Å². The Morgan fingerprint density at radius 1 is 1.29 bits per heavy atom. The molecule has 0 unspecified atom stereocenters. The van der Waals surface area contributed by atoms with E-state index in [1.165, 1.54) is 6.20 Å². The second kappa shape index (κ2) is 9.19. The van der Waals surface area contributed by atoms with Crippen molar-refractivity contribution in [1.29, 1.82) is 5.26 Å². The Labute approximate surface area is 199 Å². The van der Waals surface area contributed by atoms with E-state index in [0.29, 0.717) is 22.7 Å². The molecule has 2 N–H and O–H groups in total. The van der Waals surface area contributed by atoms with Crippen LogP contribution < -0.4 is 15.4 Å². The molecule has 1 fully saturated rings. The lowest BCUT2D eigenvalue weighted by molar-refractivity contribution is 0.234. The van der Waals surface area contributed by atoms with Crippen molar-refractivity contribution in [3.8, 4) is 23.2 Å². The molecule has 0 aromatic carbocycles. The molecule has 4 heterocycles. The Morgan fingerprint density at radius 3 is 2.62 bits per heavy atom. The van der Waals surface area contributed by atoms with E-state index in [2.05, 4.69) is 30.4 Å². The van der Waals surface area contributed by atoms with Crippen LogP contribution in [0.5, 0.6) is 5.88 Å². The summed E-state index contributed by atoms with van der Waals surface area (Å²) in [7, 11) is -2.09. The summed E-state index contributed by atoms with van der Waals surface area (Å²) < 4.78 is 23.8. The van der Waals surface area contributed by atoms with Crippen LogP contribution in [0.4, 0.5) is 5.82 Å². The fraction of sp³-hybridized carbons (Fsp3) is 0.478. The molecule has 1 aliphatic heterocycles. The molecule has 0 aliphatic carbocycles. The van der Waals surface area contributed by atoms with Gasteiger partial charge in [0, 0.05) is 52.6 Å². The van der Waals surface area contributed by atoms with Crippen LogP contribution in [0.2, 0.25) is 0 Å². The molecule has 11 heteroatoms. The Kier molecular flexibility index (Phi) is 6.47. The topological polar surface area (TPSA) is 135 Å². The first-order valence-electron chi connectivity index (χ1n) is 11.1. The molecule has 1 saturated heterocycles. The summed E-state index contributed by atoms with van der Waals surface area (Å²) in [5, 5.41) is 13.8. The zero-order valence-corrected chi connectivity index (χ0v) is 20.7. The average molecular weight is 483 g/mol. The third-order valence-corrected chi connectivity index (χ3v) is 6.21. The summed E-state index contributed by atoms with van der Waals surface area (Å²) in [4.78, 5) is 11.5. The molecule has 180 valence electrons. The van der Waals surface area contributed by atoms with Crippen molar-refractivity contribution in [3.05, 3.63) is 36.3 Å². The number of hydrogen-bond donors (Lipinski definition) is 1. The number of piperidine rings is 1. The van der Waals surface area contributed by atoms with Crippen molar-refractivity contribution in [2.75, 3.05) is 37.1 Å². The molecule has 1 aliphatic rings. The molecule has 0 spiro atoms. The molecular weight excluding hydrogens is 452 g/mol. The quantitative estimate of drug-likeness (QED) is 0.566. The van der Waals surface area contributed by atoms with Crippen molar-refractivity contribution in [1.82, 2.24) is 19.6 Å². The summed E-state index contributed by atoms with van der Waals surface area (Å²) >= 11 is 0. The van der Waals surface area contributed by atoms with E-state index in [1.54, 1.807) is 29.4 Å². The zero-order valence-electron chi connectivity index (χ0n) is 19.9. The summed E-state index contributed by atoms with van der Waals surface area (Å²) in [5.41, 5.74) is 7.87. The number of ether oxygens (including phenoxy) is 1. The highest BCUT2D eigenvalue weighted by Gasteiger charge is 2.21. The van der Waals surface area contributed by atoms with Crippen molar-refractivity contribution in [2.45, 2.75) is 38.3 Å². The summed E-state index contributed by atoms with van der Waals surface area (Å²) in [6.45, 7) is 5.63. The van der Waals surface area contributed by atoms with Gasteiger partial charge in [-0.3, -0.25) is 4.21 Å². The number of fused-ring (bicyclic) bond motifs is 1. The lowest BCUT2D eigenvalue weighted by Crippen LogP contribution is -2.38. The Morgan fingerprint density at radius 2 is 2.03 bits per heavy atom. The van der Waals surface area contributed by atoms with E-state index in [1.807, 2.05) is 26.0 Å². The minimum absolute atomic E-state index is 0.128. The highest BCUT2D eigenvalue weighted by molar-refractivity contribution is 7.92. The van der Waals surface area contributed by atoms with Crippen LogP contribution in [0.3, 0.4) is 0 Å². The Balaban J connectivity index is 1.60. The fourth-order valence-electron chi connectivity index (χ4n) is 3.88. The first-order chi connectivity index (χ1) is 16.0. The van der Waals surface area contributed by atoms with Crippen molar-refractivity contribution in [2.24, 2.45) is 10.1 Å². The minimum Gasteiger partial charge on any atom is -0.475 e. The number of aromatic nitrogens is 4. The van der Waals surface area contributed by atoms with Gasteiger partial charge in [0.2, 0.25) is 5.88 Å². The molecule has 3 aromatic heterocycles. The van der Waals surface area contributed by atoms with Gasteiger partial charge in [-0.2, -0.15) is 10.4 Å². The second-order valence-corrected chi connectivity index (χ2v) is 12.2. The van der Waals surface area contributed by atoms with E-state index in [9.17, 15) is 9.47 Å². The molecule has 3 aromatic rings. The van der Waals surface area contributed by atoms with Gasteiger partial charge in [0.15, 0.2) is 0 Å². The van der Waals surface area contributed by atoms with E-state index < -0.39 is 15.3 Å². The predicted octanol–water partition coefficient (Wildman–Crippen LogP) is 2.48. The number of nitriles is 1. The van der Waals surface area contributed by atoms with Gasteiger partial charge in [0.05, 0.1) is 18.4 Å². The molecule has 10 nitrogen and oxygen atoms in total. The van der Waals surface area contributed by atoms with Gasteiger partial charge in [0.1, 0.15) is 35.3 Å². The number of hydrogen-bond acceptors (Lipinski definition) is 9. The van der Waals surface area contributed by atoms with Gasteiger partial charge in [-0.15, -0.1) is 0 Å². The maximum atomic E-state index is 12.0. The number of nitrogens with two attached hydrogens (primary N) is 1. The van der Waals surface area contributed by atoms with Crippen molar-refractivity contribution < 1.29 is 8.95 Å². The van der Waals surface area contributed by atoms with Gasteiger partial charge in [-0.05, 0) is 38.8 Å². The number of pyridine rings is 1. The smallest absolute Gasteiger partial charge is 0.233 e. The van der Waals surface area contributed by atoms with Crippen LogP contribution >= 0.6 is 0 Å². The highest BCUT2D eigenvalue weighted by Crippen LogP contribution is 2.29. The molecule has 0 amide bonds. The molecule has 34 heavy (non-hydrogen) atoms. The molecule has 0 radical (unpaired) electrons. The molecule has 0 saturated carbocycles. The van der Waals surface area contributed by atoms with Crippen LogP contribution in [0, 0.1) is 11.3 Å². The molecule has 0 atom stereocenters. The van der Waals surface area contributed by atoms with Crippen LogP contribution in [0.1, 0.15) is 32.3 Å². The molecule has 0 bridgehead atoms. The Hall–Kier alpha value is -3.23. The van der Waals surface area contributed by atoms with E-state index in [4.69, 9.17) is 10.5 Å². The minimum atomic E-state index is -2.09. The molecular formula is C23H30N8O2S. The maximum Gasteiger partial charge on any atom is 0.233 e. The van der Waals surface area contributed by atoms with Gasteiger partial charge >= 0.3 is 0 Å². The van der Waals surface area contributed by atoms with E-state index in [0.717, 1.165) is 37.3 Å². The third kappa shape index (κ3) is 5.63.